The van der Waals surface area contributed by atoms with E-state index >= 15 is 0 Å². The Morgan fingerprint density at radius 2 is 1.75 bits per heavy atom. The molecule has 6 heteroatoms. The average molecular weight is 373 g/mol. The van der Waals surface area contributed by atoms with E-state index in [9.17, 15) is 14.3 Å². The van der Waals surface area contributed by atoms with Crippen LogP contribution in [0.4, 0.5) is 10.2 Å². The first-order chi connectivity index (χ1) is 13.5. The molecule has 0 saturated heterocycles. The largest absolute Gasteiger partial charge is 0.508 e. The number of nitrogens with zero attached hydrogens (tertiary/aromatic N) is 2. The molecule has 4 rings (SSSR count). The molecule has 0 saturated carbocycles. The summed E-state index contributed by atoms with van der Waals surface area (Å²) in [5.74, 6) is -0.325. The molecule has 0 bridgehead atoms. The highest BCUT2D eigenvalue weighted by molar-refractivity contribution is 6.13. The van der Waals surface area contributed by atoms with Crippen LogP contribution < -0.4 is 5.73 Å². The fourth-order valence-electron chi connectivity index (χ4n) is 3.07. The van der Waals surface area contributed by atoms with Crippen LogP contribution in [0.5, 0.6) is 5.75 Å². The van der Waals surface area contributed by atoms with Gasteiger partial charge in [-0.25, -0.2) is 4.39 Å². The van der Waals surface area contributed by atoms with E-state index < -0.39 is 0 Å². The molecular formula is C22H16FN3O2. The Balaban J connectivity index is 1.90. The normalized spacial score (nSPS) is 10.8. The van der Waals surface area contributed by atoms with Crippen molar-refractivity contribution in [2.75, 3.05) is 5.73 Å². The van der Waals surface area contributed by atoms with E-state index in [1.165, 1.54) is 36.4 Å². The number of ketones is 1. The van der Waals surface area contributed by atoms with Gasteiger partial charge >= 0.3 is 0 Å². The maximum absolute atomic E-state index is 13.4. The SMILES string of the molecule is Nc1c(C(=O)c2ccc(O)cc2)cc(-c2cccnc2)n1-c1ccc(F)cc1. The molecule has 0 unspecified atom stereocenters. The lowest BCUT2D eigenvalue weighted by Gasteiger charge is -2.11. The molecule has 0 radical (unpaired) electrons. The first kappa shape index (κ1) is 17.5. The van der Waals surface area contributed by atoms with Crippen molar-refractivity contribution in [3.63, 3.8) is 0 Å². The van der Waals surface area contributed by atoms with E-state index in [1.54, 1.807) is 41.2 Å². The molecule has 2 aromatic carbocycles. The summed E-state index contributed by atoms with van der Waals surface area (Å²) in [5, 5.41) is 9.45. The fraction of sp³-hybridized carbons (Fsp3) is 0. The van der Waals surface area contributed by atoms with Gasteiger partial charge in [0.25, 0.3) is 0 Å². The Labute approximate surface area is 160 Å². The van der Waals surface area contributed by atoms with Crippen LogP contribution in [0.15, 0.2) is 79.1 Å². The number of hydrogen-bond acceptors (Lipinski definition) is 4. The van der Waals surface area contributed by atoms with Gasteiger partial charge in [-0.05, 0) is 66.7 Å². The van der Waals surface area contributed by atoms with E-state index in [1.807, 2.05) is 6.07 Å². The van der Waals surface area contributed by atoms with Gasteiger partial charge in [0.05, 0.1) is 11.3 Å². The molecule has 0 atom stereocenters. The quantitative estimate of drug-likeness (QED) is 0.526. The van der Waals surface area contributed by atoms with Gasteiger partial charge in [0.1, 0.15) is 17.4 Å². The van der Waals surface area contributed by atoms with Crippen molar-refractivity contribution in [3.8, 4) is 22.7 Å². The summed E-state index contributed by atoms with van der Waals surface area (Å²) in [6.45, 7) is 0. The number of nitrogen functional groups attached to an aromatic ring is 1. The van der Waals surface area contributed by atoms with Crippen LogP contribution in [0, 0.1) is 5.82 Å². The summed E-state index contributed by atoms with van der Waals surface area (Å²) < 4.78 is 15.1. The fourth-order valence-corrected chi connectivity index (χ4v) is 3.07. The van der Waals surface area contributed by atoms with E-state index in [0.717, 1.165) is 5.56 Å². The molecule has 0 fully saturated rings. The van der Waals surface area contributed by atoms with Crippen molar-refractivity contribution in [2.45, 2.75) is 0 Å². The number of phenolic OH excluding ortho intramolecular Hbond substituents is 1. The molecule has 0 aliphatic heterocycles. The zero-order chi connectivity index (χ0) is 19.7. The molecule has 0 aliphatic rings. The van der Waals surface area contributed by atoms with Gasteiger partial charge in [-0.2, -0.15) is 0 Å². The molecule has 0 amide bonds. The highest BCUT2D eigenvalue weighted by atomic mass is 19.1. The number of carbonyl (C=O) groups is 1. The standard InChI is InChI=1S/C22H16FN3O2/c23-16-5-7-17(8-6-16)26-20(15-2-1-11-25-13-15)12-19(22(26)24)21(28)14-3-9-18(27)10-4-14/h1-13,27H,24H2. The highest BCUT2D eigenvalue weighted by Crippen LogP contribution is 2.32. The van der Waals surface area contributed by atoms with Gasteiger partial charge in [0.2, 0.25) is 0 Å². The number of rotatable bonds is 4. The second-order valence-corrected chi connectivity index (χ2v) is 6.26. The van der Waals surface area contributed by atoms with E-state index in [-0.39, 0.29) is 23.2 Å². The number of phenols is 1. The summed E-state index contributed by atoms with van der Waals surface area (Å²) in [6, 6.07) is 17.2. The third-order valence-electron chi connectivity index (χ3n) is 4.46. The summed E-state index contributed by atoms with van der Waals surface area (Å²) in [5.41, 5.74) is 9.13. The smallest absolute Gasteiger partial charge is 0.196 e. The van der Waals surface area contributed by atoms with Crippen LogP contribution >= 0.6 is 0 Å². The van der Waals surface area contributed by atoms with Crippen molar-refractivity contribution in [1.82, 2.24) is 9.55 Å². The second kappa shape index (κ2) is 7.00. The molecular weight excluding hydrogens is 357 g/mol. The lowest BCUT2D eigenvalue weighted by atomic mass is 10.0. The summed E-state index contributed by atoms with van der Waals surface area (Å²) >= 11 is 0. The number of aromatic hydroxyl groups is 1. The van der Waals surface area contributed by atoms with Gasteiger partial charge in [-0.15, -0.1) is 0 Å². The monoisotopic (exact) mass is 373 g/mol. The minimum absolute atomic E-state index is 0.0736. The number of hydrogen-bond donors (Lipinski definition) is 2. The second-order valence-electron chi connectivity index (χ2n) is 6.26. The van der Waals surface area contributed by atoms with Crippen molar-refractivity contribution >= 4 is 11.6 Å². The lowest BCUT2D eigenvalue weighted by Crippen LogP contribution is -2.07. The van der Waals surface area contributed by atoms with Gasteiger partial charge < -0.3 is 10.8 Å². The number of nitrogens with two attached hydrogens (primary N) is 1. The summed E-state index contributed by atoms with van der Waals surface area (Å²) in [6.07, 6.45) is 3.32. The zero-order valence-corrected chi connectivity index (χ0v) is 14.7. The Morgan fingerprint density at radius 1 is 1.04 bits per heavy atom. The van der Waals surface area contributed by atoms with Crippen molar-refractivity contribution in [3.05, 3.63) is 96.1 Å². The predicted molar refractivity (Wildman–Crippen MR) is 105 cm³/mol. The van der Waals surface area contributed by atoms with Crippen LogP contribution in [-0.4, -0.2) is 20.4 Å². The van der Waals surface area contributed by atoms with Gasteiger partial charge in [0.15, 0.2) is 5.78 Å². The van der Waals surface area contributed by atoms with Crippen molar-refractivity contribution in [2.24, 2.45) is 0 Å². The number of halogens is 1. The average Bonchev–Trinajstić information content (AvgIpc) is 3.06. The lowest BCUT2D eigenvalue weighted by molar-refractivity contribution is 0.103. The first-order valence-corrected chi connectivity index (χ1v) is 8.56. The molecule has 2 heterocycles. The molecule has 0 aliphatic carbocycles. The van der Waals surface area contributed by atoms with Gasteiger partial charge in [-0.3, -0.25) is 14.3 Å². The number of aromatic nitrogens is 2. The van der Waals surface area contributed by atoms with Gasteiger partial charge in [-0.1, -0.05) is 0 Å². The minimum Gasteiger partial charge on any atom is -0.508 e. The Kier molecular flexibility index (Phi) is 4.37. The maximum Gasteiger partial charge on any atom is 0.196 e. The van der Waals surface area contributed by atoms with Crippen LogP contribution in [0.2, 0.25) is 0 Å². The topological polar surface area (TPSA) is 81.1 Å². The van der Waals surface area contributed by atoms with Crippen molar-refractivity contribution in [1.29, 1.82) is 0 Å². The molecule has 28 heavy (non-hydrogen) atoms. The van der Waals surface area contributed by atoms with E-state index in [0.29, 0.717) is 22.5 Å². The van der Waals surface area contributed by atoms with E-state index in [2.05, 4.69) is 4.98 Å². The minimum atomic E-state index is -0.363. The predicted octanol–water partition coefficient (Wildman–Crippen LogP) is 4.20. The summed E-state index contributed by atoms with van der Waals surface area (Å²) in [4.78, 5) is 17.1. The third-order valence-corrected chi connectivity index (χ3v) is 4.46. The van der Waals surface area contributed by atoms with E-state index in [4.69, 9.17) is 5.73 Å². The van der Waals surface area contributed by atoms with Gasteiger partial charge in [0, 0.05) is 29.2 Å². The molecule has 3 N–H and O–H groups in total. The van der Waals surface area contributed by atoms with Crippen LogP contribution in [0.1, 0.15) is 15.9 Å². The Hall–Kier alpha value is -3.93. The molecule has 4 aromatic rings. The maximum atomic E-state index is 13.4. The molecule has 5 nitrogen and oxygen atoms in total. The zero-order valence-electron chi connectivity index (χ0n) is 14.7. The number of anilines is 1. The van der Waals surface area contributed by atoms with Crippen LogP contribution in [0.25, 0.3) is 16.9 Å². The Bertz CT molecular complexity index is 1140. The first-order valence-electron chi connectivity index (χ1n) is 8.56. The highest BCUT2D eigenvalue weighted by Gasteiger charge is 2.21. The number of pyridine rings is 1. The molecule has 138 valence electrons. The summed E-state index contributed by atoms with van der Waals surface area (Å²) in [7, 11) is 0. The number of carbonyl (C=O) groups excluding carboxylic acids is 1. The number of benzene rings is 2. The third kappa shape index (κ3) is 3.12. The van der Waals surface area contributed by atoms with Crippen molar-refractivity contribution < 1.29 is 14.3 Å². The van der Waals surface area contributed by atoms with Crippen LogP contribution in [0.3, 0.4) is 0 Å². The molecule has 2 aromatic heterocycles. The van der Waals surface area contributed by atoms with Crippen LogP contribution in [-0.2, 0) is 0 Å². The Morgan fingerprint density at radius 3 is 2.39 bits per heavy atom. The molecule has 0 spiro atoms.